The number of nitrogens with one attached hydrogen (secondary N) is 1. The van der Waals surface area contributed by atoms with Gasteiger partial charge in [0.1, 0.15) is 0 Å². The third-order valence-electron chi connectivity index (χ3n) is 0.955. The van der Waals surface area contributed by atoms with Gasteiger partial charge in [-0.2, -0.15) is 4.98 Å². The molecule has 0 saturated carbocycles. The summed E-state index contributed by atoms with van der Waals surface area (Å²) in [6, 6.07) is 0. The molecule has 9 heteroatoms. The molecule has 0 aliphatic rings. The molecule has 12 heavy (non-hydrogen) atoms. The van der Waals surface area contributed by atoms with Crippen LogP contribution in [-0.4, -0.2) is 19.8 Å². The average molecular weight is 175 g/mol. The first kappa shape index (κ1) is 9.97. The van der Waals surface area contributed by atoms with E-state index in [0.717, 1.165) is 6.33 Å². The summed E-state index contributed by atoms with van der Waals surface area (Å²) >= 11 is 0. The minimum absolute atomic E-state index is 0. The van der Waals surface area contributed by atoms with Crippen LogP contribution in [0.5, 0.6) is 0 Å². The highest BCUT2D eigenvalue weighted by atomic mass is 16.6. The smallest absolute Gasteiger partial charge is 0.358 e. The van der Waals surface area contributed by atoms with Crippen molar-refractivity contribution in [1.82, 2.24) is 16.1 Å². The molecule has 0 bridgehead atoms. The molecular formula is C3H5N5O4. The van der Waals surface area contributed by atoms with Crippen molar-refractivity contribution in [1.29, 1.82) is 0 Å². The zero-order valence-electron chi connectivity index (χ0n) is 5.76. The lowest BCUT2D eigenvalue weighted by atomic mass is 10.7. The summed E-state index contributed by atoms with van der Waals surface area (Å²) in [7, 11) is 0. The maximum atomic E-state index is 10.0. The van der Waals surface area contributed by atoms with E-state index in [9.17, 15) is 20.2 Å². The number of rotatable bonds is 2. The Labute approximate surface area is 65.3 Å². The highest BCUT2D eigenvalue weighted by Crippen LogP contribution is 2.19. The van der Waals surface area contributed by atoms with Gasteiger partial charge in [-0.25, -0.2) is 0 Å². The quantitative estimate of drug-likeness (QED) is 0.490. The number of H-pyrrole nitrogens is 1. The van der Waals surface area contributed by atoms with Crippen molar-refractivity contribution in [2.75, 3.05) is 0 Å². The van der Waals surface area contributed by atoms with E-state index in [2.05, 4.69) is 4.98 Å². The van der Waals surface area contributed by atoms with E-state index in [4.69, 9.17) is 0 Å². The van der Waals surface area contributed by atoms with Crippen molar-refractivity contribution in [2.24, 2.45) is 0 Å². The summed E-state index contributed by atoms with van der Waals surface area (Å²) in [4.78, 5) is 23.4. The zero-order chi connectivity index (χ0) is 8.43. The van der Waals surface area contributed by atoms with Crippen molar-refractivity contribution in [3.8, 4) is 0 Å². The van der Waals surface area contributed by atoms with Gasteiger partial charge in [-0.1, -0.05) is 0 Å². The molecule has 0 aliphatic heterocycles. The van der Waals surface area contributed by atoms with E-state index in [0.29, 0.717) is 0 Å². The SMILES string of the molecule is N.O=[N+]([O-])c1nc[nH]c1[N+](=O)[O-]. The van der Waals surface area contributed by atoms with Gasteiger partial charge in [0.05, 0.1) is 0 Å². The monoisotopic (exact) mass is 175 g/mol. The van der Waals surface area contributed by atoms with E-state index >= 15 is 0 Å². The summed E-state index contributed by atoms with van der Waals surface area (Å²) < 4.78 is 0. The second kappa shape index (κ2) is 3.39. The van der Waals surface area contributed by atoms with Crippen LogP contribution >= 0.6 is 0 Å². The van der Waals surface area contributed by atoms with Crippen molar-refractivity contribution in [3.05, 3.63) is 26.6 Å². The van der Waals surface area contributed by atoms with Gasteiger partial charge in [-0.05, 0) is 9.85 Å². The average Bonchev–Trinajstić information content (AvgIpc) is 2.32. The first-order valence-corrected chi connectivity index (χ1v) is 2.45. The molecule has 0 aromatic carbocycles. The van der Waals surface area contributed by atoms with Gasteiger partial charge in [0.25, 0.3) is 6.33 Å². The van der Waals surface area contributed by atoms with Gasteiger partial charge in [-0.15, -0.1) is 0 Å². The normalized spacial score (nSPS) is 8.67. The molecule has 0 radical (unpaired) electrons. The van der Waals surface area contributed by atoms with Gasteiger partial charge in [0, 0.05) is 4.98 Å². The summed E-state index contributed by atoms with van der Waals surface area (Å²) in [6.45, 7) is 0. The van der Waals surface area contributed by atoms with Crippen LogP contribution in [-0.2, 0) is 0 Å². The minimum atomic E-state index is -0.922. The lowest BCUT2D eigenvalue weighted by molar-refractivity contribution is -0.427. The molecule has 1 aromatic rings. The van der Waals surface area contributed by atoms with E-state index in [1.54, 1.807) is 0 Å². The second-order valence-corrected chi connectivity index (χ2v) is 1.59. The Hall–Kier alpha value is -2.03. The lowest BCUT2D eigenvalue weighted by Gasteiger charge is -1.88. The molecule has 1 heterocycles. The topological polar surface area (TPSA) is 150 Å². The van der Waals surface area contributed by atoms with Crippen molar-refractivity contribution < 1.29 is 9.85 Å². The molecule has 0 saturated heterocycles. The largest absolute Gasteiger partial charge is 0.462 e. The Kier molecular flexibility index (Phi) is 2.81. The summed E-state index contributed by atoms with van der Waals surface area (Å²) in [5, 5.41) is 20.0. The van der Waals surface area contributed by atoms with Crippen molar-refractivity contribution in [3.63, 3.8) is 0 Å². The lowest BCUT2D eigenvalue weighted by Crippen LogP contribution is -1.94. The number of aromatic nitrogens is 2. The molecule has 1 aromatic heterocycles. The Morgan fingerprint density at radius 3 is 2.25 bits per heavy atom. The molecule has 0 fully saturated rings. The molecule has 66 valence electrons. The van der Waals surface area contributed by atoms with E-state index in [-0.39, 0.29) is 6.15 Å². The molecule has 4 N–H and O–H groups in total. The molecule has 0 aliphatic carbocycles. The van der Waals surface area contributed by atoms with Crippen molar-refractivity contribution in [2.45, 2.75) is 0 Å². The first-order valence-electron chi connectivity index (χ1n) is 2.45. The van der Waals surface area contributed by atoms with E-state index in [1.807, 2.05) is 4.98 Å². The van der Waals surface area contributed by atoms with Crippen molar-refractivity contribution >= 4 is 11.6 Å². The Morgan fingerprint density at radius 1 is 1.33 bits per heavy atom. The Bertz CT molecular complexity index is 277. The Morgan fingerprint density at radius 2 is 1.92 bits per heavy atom. The number of aromatic amines is 1. The van der Waals surface area contributed by atoms with Gasteiger partial charge >= 0.3 is 11.6 Å². The second-order valence-electron chi connectivity index (χ2n) is 1.59. The number of hydrogen-bond donors (Lipinski definition) is 2. The molecule has 1 rings (SSSR count). The third-order valence-corrected chi connectivity index (χ3v) is 0.955. The minimum Gasteiger partial charge on any atom is -0.358 e. The van der Waals surface area contributed by atoms with Gasteiger partial charge < -0.3 is 26.4 Å². The predicted octanol–water partition coefficient (Wildman–Crippen LogP) is 0.388. The maximum Gasteiger partial charge on any atom is 0.462 e. The number of nitro groups is 2. The van der Waals surface area contributed by atoms with Crippen LogP contribution in [0.3, 0.4) is 0 Å². The summed E-state index contributed by atoms with van der Waals surface area (Å²) in [5.41, 5.74) is 0. The molecule has 0 amide bonds. The number of nitrogens with zero attached hydrogens (tertiary/aromatic N) is 3. The number of imidazole rings is 1. The first-order chi connectivity index (χ1) is 5.13. The predicted molar refractivity (Wildman–Crippen MR) is 36.9 cm³/mol. The van der Waals surface area contributed by atoms with Gasteiger partial charge in [-0.3, -0.25) is 0 Å². The van der Waals surface area contributed by atoms with E-state index in [1.165, 1.54) is 0 Å². The fraction of sp³-hybridized carbons (Fsp3) is 0. The van der Waals surface area contributed by atoms with Gasteiger partial charge in [0.2, 0.25) is 0 Å². The van der Waals surface area contributed by atoms with Gasteiger partial charge in [0.15, 0.2) is 0 Å². The Balaban J connectivity index is 0.00000121. The molecular weight excluding hydrogens is 170 g/mol. The summed E-state index contributed by atoms with van der Waals surface area (Å²) in [5.74, 6) is -1.47. The number of hydrogen-bond acceptors (Lipinski definition) is 6. The fourth-order valence-corrected chi connectivity index (χ4v) is 0.548. The van der Waals surface area contributed by atoms with Crippen LogP contribution in [0, 0.1) is 20.2 Å². The molecule has 0 spiro atoms. The fourth-order valence-electron chi connectivity index (χ4n) is 0.548. The van der Waals surface area contributed by atoms with Crippen LogP contribution in [0.1, 0.15) is 0 Å². The van der Waals surface area contributed by atoms with E-state index < -0.39 is 21.5 Å². The highest BCUT2D eigenvalue weighted by Gasteiger charge is 2.26. The summed E-state index contributed by atoms with van der Waals surface area (Å²) in [6.07, 6.45) is 0.899. The standard InChI is InChI=1S/C3H2N4O4.H3N/c8-6(9)2-3(7(10)11)5-1-4-2;/h1H,(H,4,5);1H3. The maximum absolute atomic E-state index is 10.0. The zero-order valence-corrected chi connectivity index (χ0v) is 5.76. The third kappa shape index (κ3) is 1.52. The van der Waals surface area contributed by atoms with Crippen LogP contribution in [0.25, 0.3) is 0 Å². The highest BCUT2D eigenvalue weighted by molar-refractivity contribution is 5.38. The van der Waals surface area contributed by atoms with Crippen LogP contribution in [0.2, 0.25) is 0 Å². The van der Waals surface area contributed by atoms with Crippen LogP contribution < -0.4 is 6.15 Å². The molecule has 0 atom stereocenters. The molecule has 9 nitrogen and oxygen atoms in total. The van der Waals surface area contributed by atoms with Crippen LogP contribution in [0.15, 0.2) is 6.33 Å². The van der Waals surface area contributed by atoms with Crippen LogP contribution in [0.4, 0.5) is 11.6 Å². The molecule has 0 unspecified atom stereocenters.